The van der Waals surface area contributed by atoms with Crippen molar-refractivity contribution < 1.29 is 9.18 Å². The lowest BCUT2D eigenvalue weighted by molar-refractivity contribution is 0.0896. The molecule has 0 aromatic carbocycles. The maximum Gasteiger partial charge on any atom is 0.235 e. The molecule has 1 saturated carbocycles. The molecule has 9 nitrogen and oxygen atoms in total. The van der Waals surface area contributed by atoms with E-state index in [9.17, 15) is 4.79 Å². The third-order valence-electron chi connectivity index (χ3n) is 6.61. The number of thiophene rings is 1. The predicted molar refractivity (Wildman–Crippen MR) is 135 cm³/mol. The zero-order valence-corrected chi connectivity index (χ0v) is 19.3. The number of carbonyl (C=O) groups is 1. The van der Waals surface area contributed by atoms with Crippen LogP contribution in [0.1, 0.15) is 17.6 Å². The summed E-state index contributed by atoms with van der Waals surface area (Å²) in [5.41, 5.74) is 4.17. The second-order valence-corrected chi connectivity index (χ2v) is 9.99. The topological polar surface area (TPSA) is 118 Å². The maximum absolute atomic E-state index is 16.0. The van der Waals surface area contributed by atoms with Gasteiger partial charge in [-0.25, -0.2) is 14.4 Å². The van der Waals surface area contributed by atoms with Crippen molar-refractivity contribution in [1.82, 2.24) is 39.7 Å². The molecule has 1 fully saturated rings. The highest BCUT2D eigenvalue weighted by Gasteiger charge is 2.31. The number of pyridine rings is 3. The van der Waals surface area contributed by atoms with E-state index < -0.39 is 5.82 Å². The van der Waals surface area contributed by atoms with Gasteiger partial charge in [0.05, 0.1) is 39.2 Å². The minimum absolute atomic E-state index is 0.000345. The number of imidazole rings is 1. The highest BCUT2D eigenvalue weighted by molar-refractivity contribution is 7.24. The molecule has 8 bridgehead atoms. The Kier molecular flexibility index (Phi) is 3.85. The van der Waals surface area contributed by atoms with Crippen LogP contribution in [0.3, 0.4) is 0 Å². The lowest BCUT2D eigenvalue weighted by Crippen LogP contribution is -2.12. The molecule has 5 aromatic heterocycles. The molecule has 7 heterocycles. The van der Waals surface area contributed by atoms with Gasteiger partial charge in [0.15, 0.2) is 11.5 Å². The van der Waals surface area contributed by atoms with Gasteiger partial charge < -0.3 is 0 Å². The lowest BCUT2D eigenvalue weighted by Gasteiger charge is -2.07. The summed E-state index contributed by atoms with van der Waals surface area (Å²) in [6, 6.07) is 7.38. The van der Waals surface area contributed by atoms with Gasteiger partial charge in [-0.3, -0.25) is 34.5 Å². The molecule has 2 aliphatic heterocycles. The van der Waals surface area contributed by atoms with Gasteiger partial charge in [0, 0.05) is 23.7 Å². The van der Waals surface area contributed by atoms with Gasteiger partial charge in [-0.2, -0.15) is 0 Å². The standard InChI is InChI=1S/C25H15FN8OS/c26-19-18-15-10-29-20(19)12-7-13(9-27-8-12)34(25(35)11-1-2-11)17-4-3-16(36-17)22-21-14(5-6-28-22)30-24(31-21)23(18)33-32-15/h3-11,32-33H,1-2H2. The van der Waals surface area contributed by atoms with Crippen LogP contribution in [0.5, 0.6) is 0 Å². The average molecular weight is 495 g/mol. The van der Waals surface area contributed by atoms with E-state index in [1.165, 1.54) is 11.3 Å². The second kappa shape index (κ2) is 7.01. The Bertz CT molecular complexity index is 2060. The fourth-order valence-electron chi connectivity index (χ4n) is 4.70. The van der Waals surface area contributed by atoms with Gasteiger partial charge in [0.1, 0.15) is 27.1 Å². The fraction of sp³-hybridized carbons (Fsp3) is 0.120. The van der Waals surface area contributed by atoms with Crippen LogP contribution in [0.4, 0.5) is 4.39 Å². The van der Waals surface area contributed by atoms with Crippen molar-refractivity contribution in [3.8, 4) is 11.3 Å². The normalized spacial score (nSPS) is 14.0. The first-order chi connectivity index (χ1) is 17.7. The lowest BCUT2D eigenvalue weighted by atomic mass is 10.1. The summed E-state index contributed by atoms with van der Waals surface area (Å²) in [5, 5.41) is 6.44. The monoisotopic (exact) mass is 494 g/mol. The van der Waals surface area contributed by atoms with Gasteiger partial charge in [-0.05, 0) is 37.1 Å². The van der Waals surface area contributed by atoms with Gasteiger partial charge >= 0.3 is 0 Å². The molecule has 0 saturated heterocycles. The molecule has 1 aliphatic carbocycles. The quantitative estimate of drug-likeness (QED) is 0.317. The second-order valence-electron chi connectivity index (χ2n) is 8.93. The van der Waals surface area contributed by atoms with Crippen molar-refractivity contribution in [3.63, 3.8) is 0 Å². The smallest absolute Gasteiger partial charge is 0.235 e. The number of carbonyl (C=O) groups excluding carboxylic acids is 1. The summed E-state index contributed by atoms with van der Waals surface area (Å²) >= 11 is 1.45. The maximum atomic E-state index is 16.0. The molecule has 36 heavy (non-hydrogen) atoms. The molecule has 0 atom stereocenters. The Labute approximate surface area is 204 Å². The van der Waals surface area contributed by atoms with E-state index in [1.807, 2.05) is 12.1 Å². The predicted octanol–water partition coefficient (Wildman–Crippen LogP) is 5.37. The van der Waals surface area contributed by atoms with E-state index in [0.717, 1.165) is 22.4 Å². The molecular formula is C25H15FN8OS. The Morgan fingerprint density at radius 3 is 2.83 bits per heavy atom. The van der Waals surface area contributed by atoms with Gasteiger partial charge in [-0.1, -0.05) is 0 Å². The molecule has 2 N–H and O–H groups in total. The van der Waals surface area contributed by atoms with Crippen LogP contribution in [-0.4, -0.2) is 45.6 Å². The van der Waals surface area contributed by atoms with Gasteiger partial charge in [0.25, 0.3) is 0 Å². The van der Waals surface area contributed by atoms with Crippen molar-refractivity contribution >= 4 is 70.9 Å². The number of aromatic nitrogens is 8. The number of hydrogen-bond acceptors (Lipinski definition) is 7. The zero-order valence-electron chi connectivity index (χ0n) is 18.5. The molecule has 0 amide bonds. The van der Waals surface area contributed by atoms with Crippen molar-refractivity contribution in [2.75, 3.05) is 0 Å². The first-order valence-corrected chi connectivity index (χ1v) is 12.2. The van der Waals surface area contributed by atoms with Gasteiger partial charge in [-0.15, -0.1) is 11.3 Å². The number of aromatic amines is 2. The minimum atomic E-state index is -0.529. The third kappa shape index (κ3) is 2.74. The number of rotatable bonds is 1. The Hall–Kier alpha value is -4.51. The largest absolute Gasteiger partial charge is 0.298 e. The molecule has 0 spiro atoms. The van der Waals surface area contributed by atoms with Crippen molar-refractivity contribution in [2.45, 2.75) is 12.8 Å². The van der Waals surface area contributed by atoms with Crippen molar-refractivity contribution in [2.24, 2.45) is 5.92 Å². The van der Waals surface area contributed by atoms with E-state index >= 15 is 4.39 Å². The van der Waals surface area contributed by atoms with Gasteiger partial charge in [0.2, 0.25) is 5.91 Å². The number of halogens is 1. The van der Waals surface area contributed by atoms with Crippen LogP contribution in [0.25, 0.3) is 64.9 Å². The van der Waals surface area contributed by atoms with E-state index in [-0.39, 0.29) is 17.3 Å². The number of fused-ring (bicyclic) bond motifs is 9. The van der Waals surface area contributed by atoms with Crippen molar-refractivity contribution in [3.05, 3.63) is 54.9 Å². The average Bonchev–Trinajstić information content (AvgIpc) is 3.26. The summed E-state index contributed by atoms with van der Waals surface area (Å²) in [5.74, 6) is -0.561. The molecule has 174 valence electrons. The van der Waals surface area contributed by atoms with Crippen LogP contribution in [-0.2, 0) is 0 Å². The van der Waals surface area contributed by atoms with Crippen LogP contribution in [0, 0.1) is 11.7 Å². The number of nitrogens with one attached hydrogen (secondary N) is 2. The number of nitrogens with zero attached hydrogens (tertiary/aromatic N) is 6. The van der Waals surface area contributed by atoms with E-state index in [1.54, 1.807) is 41.5 Å². The first-order valence-electron chi connectivity index (χ1n) is 11.4. The Morgan fingerprint density at radius 2 is 1.94 bits per heavy atom. The highest BCUT2D eigenvalue weighted by atomic mass is 32.1. The van der Waals surface area contributed by atoms with Crippen LogP contribution >= 0.6 is 11.3 Å². The number of H-pyrrole nitrogens is 2. The van der Waals surface area contributed by atoms with E-state index in [2.05, 4.69) is 30.1 Å². The Balaban J connectivity index is 1.63. The number of hydrogen-bond donors (Lipinski definition) is 2. The summed E-state index contributed by atoms with van der Waals surface area (Å²) < 4.78 is 18.6. The third-order valence-corrected chi connectivity index (χ3v) is 7.69. The molecule has 0 unspecified atom stereocenters. The summed E-state index contributed by atoms with van der Waals surface area (Å²) in [6.45, 7) is 0. The summed E-state index contributed by atoms with van der Waals surface area (Å²) in [6.07, 6.45) is 8.13. The summed E-state index contributed by atoms with van der Waals surface area (Å²) in [4.78, 5) is 36.9. The zero-order chi connectivity index (χ0) is 24.0. The van der Waals surface area contributed by atoms with Crippen LogP contribution in [0.2, 0.25) is 0 Å². The van der Waals surface area contributed by atoms with Crippen LogP contribution in [0.15, 0.2) is 49.1 Å². The summed E-state index contributed by atoms with van der Waals surface area (Å²) in [7, 11) is 0. The fourth-order valence-corrected chi connectivity index (χ4v) is 5.73. The van der Waals surface area contributed by atoms with Crippen molar-refractivity contribution in [1.29, 1.82) is 0 Å². The van der Waals surface area contributed by atoms with E-state index in [4.69, 9.17) is 4.98 Å². The van der Waals surface area contributed by atoms with E-state index in [0.29, 0.717) is 49.9 Å². The molecule has 0 radical (unpaired) electrons. The first kappa shape index (κ1) is 19.8. The Morgan fingerprint density at radius 1 is 1.03 bits per heavy atom. The molecule has 11 heteroatoms. The molecule has 8 rings (SSSR count). The minimum Gasteiger partial charge on any atom is -0.298 e. The SMILES string of the molecule is O=C(C1CC1)n1c2cncc(c2)c2ncc3[nH][nH]c(c4nc5ccnc(c6ccc1s6)c5n4)-c3c2F. The molecule has 5 aromatic rings. The molecule has 3 aliphatic rings. The molecular weight excluding hydrogens is 479 g/mol. The van der Waals surface area contributed by atoms with Crippen LogP contribution < -0.4 is 0 Å². The highest BCUT2D eigenvalue weighted by Crippen LogP contribution is 2.36.